The summed E-state index contributed by atoms with van der Waals surface area (Å²) in [7, 11) is 0. The van der Waals surface area contributed by atoms with Crippen LogP contribution in [0.2, 0.25) is 0 Å². The van der Waals surface area contributed by atoms with Crippen LogP contribution in [0, 0.1) is 0 Å². The Morgan fingerprint density at radius 1 is 1.20 bits per heavy atom. The van der Waals surface area contributed by atoms with Crippen LogP contribution in [-0.4, -0.2) is 29.2 Å². The molecule has 0 amide bonds. The summed E-state index contributed by atoms with van der Waals surface area (Å²) in [4.78, 5) is 32.8. The number of benzene rings is 1. The van der Waals surface area contributed by atoms with E-state index in [1.54, 1.807) is 24.3 Å². The van der Waals surface area contributed by atoms with Crippen molar-refractivity contribution in [3.05, 3.63) is 35.9 Å². The smallest absolute Gasteiger partial charge is 0.480 e. The maximum Gasteiger partial charge on any atom is 0.516 e. The van der Waals surface area contributed by atoms with Crippen LogP contribution in [-0.2, 0) is 25.7 Å². The zero-order valence-corrected chi connectivity index (χ0v) is 10.7. The molecule has 0 bridgehead atoms. The van der Waals surface area contributed by atoms with Crippen molar-refractivity contribution in [1.82, 2.24) is 0 Å². The zero-order valence-electron chi connectivity index (χ0n) is 10.7. The first-order valence-electron chi connectivity index (χ1n) is 5.89. The molecule has 0 heterocycles. The summed E-state index contributed by atoms with van der Waals surface area (Å²) >= 11 is 0. The zero-order chi connectivity index (χ0) is 15.0. The number of aliphatic carboxylic acids is 1. The molecule has 1 aromatic rings. The molecule has 0 saturated heterocycles. The van der Waals surface area contributed by atoms with Crippen LogP contribution in [0.1, 0.15) is 18.4 Å². The predicted molar refractivity (Wildman–Crippen MR) is 67.6 cm³/mol. The number of esters is 1. The summed E-state index contributed by atoms with van der Waals surface area (Å²) in [5.74, 6) is -2.09. The molecular formula is C13H15NO6. The van der Waals surface area contributed by atoms with E-state index >= 15 is 0 Å². The van der Waals surface area contributed by atoms with Crippen LogP contribution in [0.3, 0.4) is 0 Å². The number of carboxylic acids is 1. The van der Waals surface area contributed by atoms with Crippen LogP contribution in [0.25, 0.3) is 0 Å². The summed E-state index contributed by atoms with van der Waals surface area (Å²) in [6.07, 6.45) is -1.50. The molecule has 1 rings (SSSR count). The molecule has 0 aliphatic rings. The van der Waals surface area contributed by atoms with Crippen molar-refractivity contribution in [1.29, 1.82) is 0 Å². The maximum absolute atomic E-state index is 11.2. The molecule has 0 aliphatic heterocycles. The minimum Gasteiger partial charge on any atom is -0.480 e. The van der Waals surface area contributed by atoms with E-state index < -0.39 is 24.1 Å². The van der Waals surface area contributed by atoms with Crippen molar-refractivity contribution in [2.75, 3.05) is 0 Å². The van der Waals surface area contributed by atoms with Crippen LogP contribution in [0.5, 0.6) is 0 Å². The first kappa shape index (κ1) is 15.6. The average Bonchev–Trinajstić information content (AvgIpc) is 2.43. The highest BCUT2D eigenvalue weighted by Crippen LogP contribution is 2.03. The van der Waals surface area contributed by atoms with Gasteiger partial charge in [0.05, 0.1) is 0 Å². The van der Waals surface area contributed by atoms with Crippen LogP contribution in [0.4, 0.5) is 4.79 Å². The molecule has 20 heavy (non-hydrogen) atoms. The van der Waals surface area contributed by atoms with Gasteiger partial charge in [0, 0.05) is 6.42 Å². The van der Waals surface area contributed by atoms with Crippen molar-refractivity contribution in [3.8, 4) is 0 Å². The topological polar surface area (TPSA) is 116 Å². The minimum atomic E-state index is -1.22. The standard InChI is InChI=1S/C13H15NO6/c14-10(12(16)17)6-7-11(15)20-13(18)19-8-9-4-2-1-3-5-9/h1-5,10H,6-8,14H2,(H,16,17)/t10-/m0/s1. The fourth-order valence-corrected chi connectivity index (χ4v) is 1.29. The van der Waals surface area contributed by atoms with E-state index in [0.29, 0.717) is 0 Å². The van der Waals surface area contributed by atoms with Crippen LogP contribution >= 0.6 is 0 Å². The number of hydrogen-bond donors (Lipinski definition) is 2. The van der Waals surface area contributed by atoms with Gasteiger partial charge in [-0.3, -0.25) is 9.59 Å². The highest BCUT2D eigenvalue weighted by molar-refractivity contribution is 5.82. The second-order valence-electron chi connectivity index (χ2n) is 3.98. The molecule has 0 fully saturated rings. The Balaban J connectivity index is 2.25. The van der Waals surface area contributed by atoms with E-state index in [0.717, 1.165) is 5.56 Å². The monoisotopic (exact) mass is 281 g/mol. The third-order valence-corrected chi connectivity index (χ3v) is 2.37. The maximum atomic E-state index is 11.2. The number of ether oxygens (including phenoxy) is 2. The molecule has 7 nitrogen and oxygen atoms in total. The van der Waals surface area contributed by atoms with Gasteiger partial charge in [-0.25, -0.2) is 4.79 Å². The summed E-state index contributed by atoms with van der Waals surface area (Å²) in [5.41, 5.74) is 5.96. The van der Waals surface area contributed by atoms with Crippen LogP contribution < -0.4 is 5.73 Å². The van der Waals surface area contributed by atoms with Crippen molar-refractivity contribution in [2.45, 2.75) is 25.5 Å². The third kappa shape index (κ3) is 5.96. The number of carbonyl (C=O) groups excluding carboxylic acids is 2. The molecule has 0 unspecified atom stereocenters. The lowest BCUT2D eigenvalue weighted by Crippen LogP contribution is -2.31. The molecule has 108 valence electrons. The van der Waals surface area contributed by atoms with Crippen molar-refractivity contribution >= 4 is 18.1 Å². The molecule has 1 atom stereocenters. The first-order chi connectivity index (χ1) is 9.49. The van der Waals surface area contributed by atoms with Gasteiger partial charge in [-0.15, -0.1) is 0 Å². The Hall–Kier alpha value is -2.41. The summed E-state index contributed by atoms with van der Waals surface area (Å²) in [6, 6.07) is 7.71. The van der Waals surface area contributed by atoms with Crippen molar-refractivity contribution < 1.29 is 29.0 Å². The Bertz CT molecular complexity index is 473. The number of hydrogen-bond acceptors (Lipinski definition) is 6. The Morgan fingerprint density at radius 3 is 2.45 bits per heavy atom. The molecule has 0 aliphatic carbocycles. The van der Waals surface area contributed by atoms with Gasteiger partial charge in [0.2, 0.25) is 0 Å². The Labute approximate surface area is 115 Å². The first-order valence-corrected chi connectivity index (χ1v) is 5.89. The summed E-state index contributed by atoms with van der Waals surface area (Å²) < 4.78 is 9.08. The van der Waals surface area contributed by atoms with E-state index in [4.69, 9.17) is 15.6 Å². The van der Waals surface area contributed by atoms with Gasteiger partial charge in [0.25, 0.3) is 0 Å². The quantitative estimate of drug-likeness (QED) is 0.591. The van der Waals surface area contributed by atoms with E-state index in [9.17, 15) is 14.4 Å². The molecule has 7 heteroatoms. The lowest BCUT2D eigenvalue weighted by Gasteiger charge is -2.06. The second kappa shape index (κ2) is 7.90. The molecule has 0 spiro atoms. The van der Waals surface area contributed by atoms with Gasteiger partial charge in [-0.2, -0.15) is 0 Å². The van der Waals surface area contributed by atoms with Gasteiger partial charge in [0.15, 0.2) is 0 Å². The Kier molecular flexibility index (Phi) is 6.18. The van der Waals surface area contributed by atoms with E-state index in [-0.39, 0.29) is 19.4 Å². The minimum absolute atomic E-state index is 0.0123. The molecular weight excluding hydrogens is 266 g/mol. The summed E-state index contributed by atoms with van der Waals surface area (Å²) in [5, 5.41) is 8.52. The van der Waals surface area contributed by atoms with Gasteiger partial charge in [0.1, 0.15) is 12.6 Å². The Morgan fingerprint density at radius 2 is 1.85 bits per heavy atom. The number of carboxylic acid groups (broad SMARTS) is 1. The van der Waals surface area contributed by atoms with Gasteiger partial charge in [-0.1, -0.05) is 30.3 Å². The largest absolute Gasteiger partial charge is 0.516 e. The fraction of sp³-hybridized carbons (Fsp3) is 0.308. The fourth-order valence-electron chi connectivity index (χ4n) is 1.29. The van der Waals surface area contributed by atoms with Gasteiger partial charge >= 0.3 is 18.1 Å². The highest BCUT2D eigenvalue weighted by atomic mass is 16.7. The molecule has 0 aromatic heterocycles. The van der Waals surface area contributed by atoms with E-state index in [1.165, 1.54) is 0 Å². The van der Waals surface area contributed by atoms with E-state index in [1.807, 2.05) is 6.07 Å². The number of rotatable bonds is 6. The lowest BCUT2D eigenvalue weighted by atomic mass is 10.2. The van der Waals surface area contributed by atoms with Crippen LogP contribution in [0.15, 0.2) is 30.3 Å². The summed E-state index contributed by atoms with van der Waals surface area (Å²) in [6.45, 7) is -0.0123. The lowest BCUT2D eigenvalue weighted by molar-refractivity contribution is -0.141. The van der Waals surface area contributed by atoms with Gasteiger partial charge < -0.3 is 20.3 Å². The highest BCUT2D eigenvalue weighted by Gasteiger charge is 2.17. The number of nitrogens with two attached hydrogens (primary N) is 1. The molecule has 3 N–H and O–H groups in total. The predicted octanol–water partition coefficient (Wildman–Crippen LogP) is 1.06. The normalized spacial score (nSPS) is 11.4. The second-order valence-corrected chi connectivity index (χ2v) is 3.98. The van der Waals surface area contributed by atoms with E-state index in [2.05, 4.69) is 4.74 Å². The van der Waals surface area contributed by atoms with Gasteiger partial charge in [-0.05, 0) is 12.0 Å². The average molecular weight is 281 g/mol. The molecule has 1 aromatic carbocycles. The van der Waals surface area contributed by atoms with Crippen molar-refractivity contribution in [2.24, 2.45) is 5.73 Å². The third-order valence-electron chi connectivity index (χ3n) is 2.37. The van der Waals surface area contributed by atoms with Crippen molar-refractivity contribution in [3.63, 3.8) is 0 Å². The number of carbonyl (C=O) groups is 3. The molecule has 0 radical (unpaired) electrons. The SMILES string of the molecule is N[C@@H](CCC(=O)OC(=O)OCc1ccccc1)C(=O)O. The molecule has 0 saturated carbocycles.